The van der Waals surface area contributed by atoms with Crippen LogP contribution < -0.4 is 5.32 Å². The molecule has 0 saturated carbocycles. The summed E-state index contributed by atoms with van der Waals surface area (Å²) in [7, 11) is 0. The molecular formula is C11H21NO3. The van der Waals surface area contributed by atoms with Gasteiger partial charge in [-0.25, -0.2) is 0 Å². The normalized spacial score (nSPS) is 10.5. The van der Waals surface area contributed by atoms with Crippen molar-refractivity contribution in [1.82, 2.24) is 5.32 Å². The number of carbonyl (C=O) groups is 2. The van der Waals surface area contributed by atoms with E-state index in [9.17, 15) is 9.59 Å². The number of carbonyl (C=O) groups excluding carboxylic acids is 2. The van der Waals surface area contributed by atoms with E-state index < -0.39 is 0 Å². The molecule has 0 bridgehead atoms. The molecule has 1 N–H and O–H groups in total. The van der Waals surface area contributed by atoms with Crippen LogP contribution in [0.25, 0.3) is 0 Å². The SMILES string of the molecule is CC(C)C(=O)NCCCOC(=O)C(C)C. The third kappa shape index (κ3) is 6.94. The fourth-order valence-corrected chi connectivity index (χ4v) is 0.827. The molecule has 0 aliphatic heterocycles. The minimum absolute atomic E-state index is 0.00298. The Morgan fingerprint density at radius 3 is 2.20 bits per heavy atom. The number of esters is 1. The van der Waals surface area contributed by atoms with Gasteiger partial charge >= 0.3 is 5.97 Å². The number of hydrogen-bond donors (Lipinski definition) is 1. The number of ether oxygens (including phenoxy) is 1. The zero-order chi connectivity index (χ0) is 11.8. The first-order valence-electron chi connectivity index (χ1n) is 5.39. The maximum Gasteiger partial charge on any atom is 0.308 e. The summed E-state index contributed by atoms with van der Waals surface area (Å²) >= 11 is 0. The second kappa shape index (κ2) is 7.26. The topological polar surface area (TPSA) is 55.4 Å². The third-order valence-corrected chi connectivity index (χ3v) is 1.86. The average Bonchev–Trinajstić information content (AvgIpc) is 2.16. The fraction of sp³-hybridized carbons (Fsp3) is 0.818. The van der Waals surface area contributed by atoms with Crippen LogP contribution in [0.2, 0.25) is 0 Å². The van der Waals surface area contributed by atoms with Crippen LogP contribution >= 0.6 is 0 Å². The van der Waals surface area contributed by atoms with Crippen molar-refractivity contribution in [2.24, 2.45) is 11.8 Å². The highest BCUT2D eigenvalue weighted by atomic mass is 16.5. The van der Waals surface area contributed by atoms with Crippen molar-refractivity contribution < 1.29 is 14.3 Å². The van der Waals surface area contributed by atoms with Gasteiger partial charge in [0.25, 0.3) is 0 Å². The van der Waals surface area contributed by atoms with Gasteiger partial charge in [-0.2, -0.15) is 0 Å². The maximum atomic E-state index is 11.1. The maximum absolute atomic E-state index is 11.1. The van der Waals surface area contributed by atoms with E-state index in [1.165, 1.54) is 0 Å². The van der Waals surface area contributed by atoms with Gasteiger partial charge < -0.3 is 10.1 Å². The first-order chi connectivity index (χ1) is 6.95. The highest BCUT2D eigenvalue weighted by molar-refractivity contribution is 5.77. The molecule has 0 radical (unpaired) electrons. The molecule has 1 amide bonds. The lowest BCUT2D eigenvalue weighted by atomic mass is 10.2. The molecule has 88 valence electrons. The first kappa shape index (κ1) is 13.9. The highest BCUT2D eigenvalue weighted by Crippen LogP contribution is 1.96. The summed E-state index contributed by atoms with van der Waals surface area (Å²) in [6.45, 7) is 8.20. The summed E-state index contributed by atoms with van der Waals surface area (Å²) in [4.78, 5) is 22.2. The monoisotopic (exact) mass is 215 g/mol. The second-order valence-corrected chi connectivity index (χ2v) is 4.12. The Kier molecular flexibility index (Phi) is 6.75. The van der Waals surface area contributed by atoms with E-state index in [0.717, 1.165) is 0 Å². The van der Waals surface area contributed by atoms with E-state index >= 15 is 0 Å². The van der Waals surface area contributed by atoms with E-state index in [2.05, 4.69) is 5.32 Å². The van der Waals surface area contributed by atoms with Crippen LogP contribution in [-0.2, 0) is 14.3 Å². The molecule has 0 aliphatic carbocycles. The standard InChI is InChI=1S/C11H21NO3/c1-8(2)10(13)12-6-5-7-15-11(14)9(3)4/h8-9H,5-7H2,1-4H3,(H,12,13). The van der Waals surface area contributed by atoms with Gasteiger partial charge in [0.15, 0.2) is 0 Å². The third-order valence-electron chi connectivity index (χ3n) is 1.86. The highest BCUT2D eigenvalue weighted by Gasteiger charge is 2.08. The van der Waals surface area contributed by atoms with Gasteiger partial charge in [0.1, 0.15) is 0 Å². The Balaban J connectivity index is 3.40. The summed E-state index contributed by atoms with van der Waals surface area (Å²) in [5.74, 6) is -0.242. The molecule has 0 atom stereocenters. The largest absolute Gasteiger partial charge is 0.465 e. The van der Waals surface area contributed by atoms with Crippen LogP contribution in [0.1, 0.15) is 34.1 Å². The van der Waals surface area contributed by atoms with Gasteiger partial charge in [0.2, 0.25) is 5.91 Å². The minimum Gasteiger partial charge on any atom is -0.465 e. The van der Waals surface area contributed by atoms with Gasteiger partial charge in [-0.15, -0.1) is 0 Å². The summed E-state index contributed by atoms with van der Waals surface area (Å²) < 4.78 is 4.96. The Hall–Kier alpha value is -1.06. The summed E-state index contributed by atoms with van der Waals surface area (Å²) in [5, 5.41) is 2.75. The molecule has 0 aromatic carbocycles. The number of nitrogens with one attached hydrogen (secondary N) is 1. The average molecular weight is 215 g/mol. The molecule has 4 nitrogen and oxygen atoms in total. The van der Waals surface area contributed by atoms with Crippen molar-refractivity contribution in [3.8, 4) is 0 Å². The smallest absolute Gasteiger partial charge is 0.308 e. The van der Waals surface area contributed by atoms with Crippen LogP contribution in [0.3, 0.4) is 0 Å². The molecule has 0 heterocycles. The number of hydrogen-bond acceptors (Lipinski definition) is 3. The minimum atomic E-state index is -0.190. The lowest BCUT2D eigenvalue weighted by molar-refractivity contribution is -0.147. The van der Waals surface area contributed by atoms with E-state index in [1.54, 1.807) is 13.8 Å². The summed E-state index contributed by atoms with van der Waals surface area (Å²) in [6, 6.07) is 0. The molecule has 15 heavy (non-hydrogen) atoms. The quantitative estimate of drug-likeness (QED) is 0.537. The summed E-state index contributed by atoms with van der Waals surface area (Å²) in [6.07, 6.45) is 0.664. The molecule has 0 spiro atoms. The van der Waals surface area contributed by atoms with E-state index in [4.69, 9.17) is 4.74 Å². The van der Waals surface area contributed by atoms with Gasteiger partial charge in [-0.1, -0.05) is 27.7 Å². The number of amides is 1. The lowest BCUT2D eigenvalue weighted by Crippen LogP contribution is -2.29. The van der Waals surface area contributed by atoms with Crippen molar-refractivity contribution in [2.45, 2.75) is 34.1 Å². The fourth-order valence-electron chi connectivity index (χ4n) is 0.827. The van der Waals surface area contributed by atoms with Gasteiger partial charge in [0, 0.05) is 12.5 Å². The molecule has 0 aliphatic rings. The molecule has 0 unspecified atom stereocenters. The van der Waals surface area contributed by atoms with Crippen LogP contribution in [0.4, 0.5) is 0 Å². The summed E-state index contributed by atoms with van der Waals surface area (Å²) in [5.41, 5.74) is 0. The van der Waals surface area contributed by atoms with Crippen molar-refractivity contribution in [3.05, 3.63) is 0 Å². The molecule has 0 fully saturated rings. The van der Waals surface area contributed by atoms with Crippen LogP contribution in [-0.4, -0.2) is 25.0 Å². The van der Waals surface area contributed by atoms with Crippen molar-refractivity contribution in [2.75, 3.05) is 13.2 Å². The Bertz CT molecular complexity index is 190. The van der Waals surface area contributed by atoms with E-state index in [-0.39, 0.29) is 23.7 Å². The molecule has 0 aromatic rings. The van der Waals surface area contributed by atoms with Crippen molar-refractivity contribution in [1.29, 1.82) is 0 Å². The van der Waals surface area contributed by atoms with Gasteiger partial charge in [-0.05, 0) is 6.42 Å². The van der Waals surface area contributed by atoms with E-state index in [1.807, 2.05) is 13.8 Å². The second-order valence-electron chi connectivity index (χ2n) is 4.12. The molecular weight excluding hydrogens is 194 g/mol. The molecule has 0 aromatic heterocycles. The Labute approximate surface area is 91.4 Å². The van der Waals surface area contributed by atoms with Crippen LogP contribution in [0.5, 0.6) is 0 Å². The van der Waals surface area contributed by atoms with Gasteiger partial charge in [-0.3, -0.25) is 9.59 Å². The van der Waals surface area contributed by atoms with Crippen LogP contribution in [0.15, 0.2) is 0 Å². The predicted molar refractivity (Wildman–Crippen MR) is 58.3 cm³/mol. The Morgan fingerprint density at radius 1 is 1.13 bits per heavy atom. The van der Waals surface area contributed by atoms with Crippen molar-refractivity contribution >= 4 is 11.9 Å². The molecule has 0 rings (SSSR count). The zero-order valence-corrected chi connectivity index (χ0v) is 10.0. The zero-order valence-electron chi connectivity index (χ0n) is 10.0. The number of rotatable bonds is 6. The lowest BCUT2D eigenvalue weighted by Gasteiger charge is -2.09. The Morgan fingerprint density at radius 2 is 1.73 bits per heavy atom. The predicted octanol–water partition coefficient (Wildman–Crippen LogP) is 1.35. The molecule has 4 heteroatoms. The first-order valence-corrected chi connectivity index (χ1v) is 5.39. The van der Waals surface area contributed by atoms with Crippen molar-refractivity contribution in [3.63, 3.8) is 0 Å². The van der Waals surface area contributed by atoms with E-state index in [0.29, 0.717) is 19.6 Å². The molecule has 0 saturated heterocycles. The van der Waals surface area contributed by atoms with Crippen LogP contribution in [0, 0.1) is 11.8 Å². The van der Waals surface area contributed by atoms with Gasteiger partial charge in [0.05, 0.1) is 12.5 Å².